The third-order valence-corrected chi connectivity index (χ3v) is 5.74. The number of rotatable bonds is 3. The van der Waals surface area contributed by atoms with Crippen LogP contribution in [-0.4, -0.2) is 20.0 Å². The van der Waals surface area contributed by atoms with Gasteiger partial charge in [0.2, 0.25) is 0 Å². The van der Waals surface area contributed by atoms with E-state index < -0.39 is 0 Å². The van der Waals surface area contributed by atoms with Gasteiger partial charge in [0, 0.05) is 24.2 Å². The van der Waals surface area contributed by atoms with E-state index in [4.69, 9.17) is 5.10 Å². The van der Waals surface area contributed by atoms with E-state index in [-0.39, 0.29) is 5.56 Å². The SMILES string of the molecule is Cn1c(=O)c2ccc(-c3cccc(C4=NNNN4)c3)cc2n2nc(-c3ccccc3)cc12. The summed E-state index contributed by atoms with van der Waals surface area (Å²) in [5, 5.41) is 9.63. The van der Waals surface area contributed by atoms with E-state index in [1.54, 1.807) is 11.6 Å². The zero-order valence-electron chi connectivity index (χ0n) is 17.2. The molecule has 0 saturated carbocycles. The van der Waals surface area contributed by atoms with Crippen LogP contribution in [0.15, 0.2) is 88.8 Å². The molecule has 0 bridgehead atoms. The summed E-state index contributed by atoms with van der Waals surface area (Å²) in [5.41, 5.74) is 14.7. The van der Waals surface area contributed by atoms with Crippen LogP contribution in [0.1, 0.15) is 5.56 Å². The summed E-state index contributed by atoms with van der Waals surface area (Å²) in [4.78, 5) is 13.0. The summed E-state index contributed by atoms with van der Waals surface area (Å²) in [7, 11) is 1.78. The van der Waals surface area contributed by atoms with Gasteiger partial charge in [-0.15, -0.1) is 10.6 Å². The van der Waals surface area contributed by atoms with Crippen LogP contribution in [-0.2, 0) is 7.05 Å². The number of amidine groups is 1. The number of nitrogens with zero attached hydrogens (tertiary/aromatic N) is 4. The molecule has 0 atom stereocenters. The van der Waals surface area contributed by atoms with Crippen LogP contribution in [0.4, 0.5) is 0 Å². The van der Waals surface area contributed by atoms with Crippen molar-refractivity contribution in [3.63, 3.8) is 0 Å². The zero-order chi connectivity index (χ0) is 21.7. The van der Waals surface area contributed by atoms with Crippen LogP contribution in [0.3, 0.4) is 0 Å². The lowest BCUT2D eigenvalue weighted by Gasteiger charge is -2.09. The van der Waals surface area contributed by atoms with Gasteiger partial charge >= 0.3 is 0 Å². The highest BCUT2D eigenvalue weighted by atomic mass is 16.1. The second-order valence-corrected chi connectivity index (χ2v) is 7.66. The van der Waals surface area contributed by atoms with E-state index in [9.17, 15) is 4.79 Å². The molecule has 8 heteroatoms. The number of nitrogens with one attached hydrogen (secondary N) is 3. The number of fused-ring (bicyclic) bond motifs is 3. The fourth-order valence-electron chi connectivity index (χ4n) is 4.07. The second-order valence-electron chi connectivity index (χ2n) is 7.66. The van der Waals surface area contributed by atoms with E-state index >= 15 is 0 Å². The smallest absolute Gasteiger partial charge is 0.261 e. The van der Waals surface area contributed by atoms with Crippen molar-refractivity contribution in [2.45, 2.75) is 0 Å². The van der Waals surface area contributed by atoms with Gasteiger partial charge < -0.3 is 0 Å². The molecule has 0 saturated heterocycles. The maximum atomic E-state index is 13.0. The summed E-state index contributed by atoms with van der Waals surface area (Å²) in [6, 6.07) is 25.8. The molecular weight excluding hydrogens is 402 g/mol. The third-order valence-electron chi connectivity index (χ3n) is 5.74. The standard InChI is InChI=1S/C24H19N7O/c1-30-22-14-20(15-6-3-2-4-7-15)27-31(22)21-13-17(10-11-19(21)24(30)32)16-8-5-9-18(12-16)23-25-28-29-26-23/h2-14,28-29H,1H3,(H,25,26). The monoisotopic (exact) mass is 421 g/mol. The van der Waals surface area contributed by atoms with Crippen LogP contribution in [0.25, 0.3) is 38.9 Å². The topological polar surface area (TPSA) is 87.8 Å². The average molecular weight is 421 g/mol. The van der Waals surface area contributed by atoms with E-state index in [1.165, 1.54) is 0 Å². The normalized spacial score (nSPS) is 13.2. The van der Waals surface area contributed by atoms with Gasteiger partial charge in [-0.2, -0.15) is 5.10 Å². The van der Waals surface area contributed by atoms with Crippen molar-refractivity contribution >= 4 is 22.4 Å². The number of aromatic nitrogens is 3. The Hall–Kier alpha value is -4.43. The molecule has 5 aromatic rings. The summed E-state index contributed by atoms with van der Waals surface area (Å²) >= 11 is 0. The molecule has 3 N–H and O–H groups in total. The van der Waals surface area contributed by atoms with Gasteiger partial charge in [-0.25, -0.2) is 10.1 Å². The Kier molecular flexibility index (Phi) is 4.05. The van der Waals surface area contributed by atoms with Gasteiger partial charge in [-0.05, 0) is 29.3 Å². The molecule has 156 valence electrons. The summed E-state index contributed by atoms with van der Waals surface area (Å²) < 4.78 is 3.49. The molecule has 0 aliphatic carbocycles. The number of aryl methyl sites for hydroxylation is 1. The van der Waals surface area contributed by atoms with Gasteiger partial charge in [0.25, 0.3) is 5.56 Å². The lowest BCUT2D eigenvalue weighted by Crippen LogP contribution is -2.35. The molecule has 1 aliphatic heterocycles. The van der Waals surface area contributed by atoms with Gasteiger partial charge in [-0.3, -0.25) is 14.8 Å². The molecule has 2 aromatic heterocycles. The predicted molar refractivity (Wildman–Crippen MR) is 125 cm³/mol. The fourth-order valence-corrected chi connectivity index (χ4v) is 4.07. The maximum Gasteiger partial charge on any atom is 0.261 e. The van der Waals surface area contributed by atoms with Crippen LogP contribution >= 0.6 is 0 Å². The Balaban J connectivity index is 1.56. The Morgan fingerprint density at radius 3 is 2.41 bits per heavy atom. The Labute approximate surface area is 182 Å². The van der Waals surface area contributed by atoms with Crippen molar-refractivity contribution in [2.75, 3.05) is 0 Å². The molecule has 0 amide bonds. The Bertz CT molecular complexity index is 1580. The molecule has 8 nitrogen and oxygen atoms in total. The van der Waals surface area contributed by atoms with Crippen LogP contribution < -0.4 is 22.1 Å². The fraction of sp³-hybridized carbons (Fsp3) is 0.0417. The van der Waals surface area contributed by atoms with E-state index in [1.807, 2.05) is 77.3 Å². The predicted octanol–water partition coefficient (Wildman–Crippen LogP) is 2.79. The maximum absolute atomic E-state index is 13.0. The summed E-state index contributed by atoms with van der Waals surface area (Å²) in [6.45, 7) is 0. The molecule has 0 radical (unpaired) electrons. The van der Waals surface area contributed by atoms with Crippen LogP contribution in [0.2, 0.25) is 0 Å². The average Bonchev–Trinajstić information content (AvgIpc) is 3.54. The molecule has 0 spiro atoms. The molecule has 0 unspecified atom stereocenters. The lowest BCUT2D eigenvalue weighted by molar-refractivity contribution is 0.577. The Morgan fingerprint density at radius 1 is 0.812 bits per heavy atom. The number of benzene rings is 3. The first kappa shape index (κ1) is 18.3. The minimum absolute atomic E-state index is 0.0472. The number of hydrogen-bond acceptors (Lipinski definition) is 6. The third kappa shape index (κ3) is 2.85. The zero-order valence-corrected chi connectivity index (χ0v) is 17.2. The van der Waals surface area contributed by atoms with E-state index in [0.717, 1.165) is 39.1 Å². The molecule has 3 aromatic carbocycles. The number of hydrogen-bond donors (Lipinski definition) is 3. The first-order valence-electron chi connectivity index (χ1n) is 10.2. The van der Waals surface area contributed by atoms with Crippen molar-refractivity contribution < 1.29 is 0 Å². The highest BCUT2D eigenvalue weighted by Crippen LogP contribution is 2.26. The first-order valence-corrected chi connectivity index (χ1v) is 10.2. The van der Waals surface area contributed by atoms with Crippen LogP contribution in [0, 0.1) is 0 Å². The van der Waals surface area contributed by atoms with Crippen molar-refractivity contribution in [3.05, 3.63) is 94.8 Å². The molecule has 0 fully saturated rings. The summed E-state index contributed by atoms with van der Waals surface area (Å²) in [6.07, 6.45) is 0. The van der Waals surface area contributed by atoms with Gasteiger partial charge in [-0.1, -0.05) is 54.6 Å². The molecule has 3 heterocycles. The highest BCUT2D eigenvalue weighted by molar-refractivity contribution is 6.00. The van der Waals surface area contributed by atoms with Crippen molar-refractivity contribution in [2.24, 2.45) is 12.1 Å². The largest absolute Gasteiger partial charge is 0.296 e. The molecular formula is C24H19N7O. The van der Waals surface area contributed by atoms with Gasteiger partial charge in [0.15, 0.2) is 5.84 Å². The minimum Gasteiger partial charge on any atom is -0.296 e. The van der Waals surface area contributed by atoms with Gasteiger partial charge in [0.1, 0.15) is 5.65 Å². The van der Waals surface area contributed by atoms with Crippen LogP contribution in [0.5, 0.6) is 0 Å². The van der Waals surface area contributed by atoms with Crippen molar-refractivity contribution in [3.8, 4) is 22.4 Å². The quantitative estimate of drug-likeness (QED) is 0.417. The number of hydrazine groups is 2. The lowest BCUT2D eigenvalue weighted by atomic mass is 10.0. The van der Waals surface area contributed by atoms with Crippen molar-refractivity contribution in [1.82, 2.24) is 30.7 Å². The second kappa shape index (κ2) is 7.07. The summed E-state index contributed by atoms with van der Waals surface area (Å²) in [5.74, 6) is 0.712. The van der Waals surface area contributed by atoms with E-state index in [0.29, 0.717) is 11.2 Å². The molecule has 32 heavy (non-hydrogen) atoms. The van der Waals surface area contributed by atoms with E-state index in [2.05, 4.69) is 27.7 Å². The highest BCUT2D eigenvalue weighted by Gasteiger charge is 2.14. The number of hydrazone groups is 1. The molecule has 1 aliphatic rings. The Morgan fingerprint density at radius 2 is 1.59 bits per heavy atom. The minimum atomic E-state index is -0.0472. The van der Waals surface area contributed by atoms with Crippen molar-refractivity contribution in [1.29, 1.82) is 0 Å². The van der Waals surface area contributed by atoms with Gasteiger partial charge in [0.05, 0.1) is 16.6 Å². The first-order chi connectivity index (χ1) is 15.7. The molecule has 6 rings (SSSR count).